The van der Waals surface area contributed by atoms with Crippen molar-refractivity contribution in [3.05, 3.63) is 48.0 Å². The average molecular weight is 248 g/mol. The van der Waals surface area contributed by atoms with E-state index >= 15 is 0 Å². The number of fused-ring (bicyclic) bond motifs is 1. The first kappa shape index (κ1) is 12.5. The van der Waals surface area contributed by atoms with Crippen LogP contribution in [0.5, 0.6) is 0 Å². The Morgan fingerprint density at radius 1 is 0.833 bits per heavy atom. The van der Waals surface area contributed by atoms with Gasteiger partial charge < -0.3 is 0 Å². The molecule has 0 aliphatic carbocycles. The van der Waals surface area contributed by atoms with Crippen LogP contribution in [-0.4, -0.2) is 8.07 Å². The third-order valence-electron chi connectivity index (χ3n) is 2.49. The van der Waals surface area contributed by atoms with Crippen LogP contribution in [0.15, 0.2) is 42.5 Å². The Morgan fingerprint density at radius 3 is 2.33 bits per heavy atom. The number of rotatable bonds is 0. The Balaban J connectivity index is 2.38. The molecule has 1 heteroatoms. The van der Waals surface area contributed by atoms with Crippen LogP contribution >= 0.6 is 0 Å². The first-order valence-electron chi connectivity index (χ1n) is 6.07. The fourth-order valence-corrected chi connectivity index (χ4v) is 2.09. The monoisotopic (exact) mass is 248 g/mol. The summed E-state index contributed by atoms with van der Waals surface area (Å²) in [4.78, 5) is 0. The fourth-order valence-electron chi connectivity index (χ4n) is 1.65. The molecule has 0 nitrogen and oxygen atoms in total. The molecular formula is C17H16Si. The van der Waals surface area contributed by atoms with E-state index in [1.165, 1.54) is 10.8 Å². The smallest absolute Gasteiger partial charge is 0.118 e. The van der Waals surface area contributed by atoms with E-state index in [0.717, 1.165) is 5.56 Å². The van der Waals surface area contributed by atoms with E-state index in [9.17, 15) is 0 Å². The first-order chi connectivity index (χ1) is 8.56. The lowest BCUT2D eigenvalue weighted by Crippen LogP contribution is -2.16. The second-order valence-electron chi connectivity index (χ2n) is 5.28. The summed E-state index contributed by atoms with van der Waals surface area (Å²) in [6.45, 7) is 6.67. The Morgan fingerprint density at radius 2 is 1.56 bits per heavy atom. The summed E-state index contributed by atoms with van der Waals surface area (Å²) in [5.41, 5.74) is 4.31. The van der Waals surface area contributed by atoms with Crippen LogP contribution in [0.1, 0.15) is 5.56 Å². The van der Waals surface area contributed by atoms with Gasteiger partial charge in [-0.1, -0.05) is 62.0 Å². The highest BCUT2D eigenvalue weighted by Gasteiger charge is 2.06. The quantitative estimate of drug-likeness (QED) is 0.487. The van der Waals surface area contributed by atoms with E-state index < -0.39 is 8.07 Å². The lowest BCUT2D eigenvalue weighted by molar-refractivity contribution is 1.70. The molecule has 0 fully saturated rings. The molecule has 0 aliphatic heterocycles. The molecule has 0 aliphatic rings. The molecule has 0 radical (unpaired) electrons. The van der Waals surface area contributed by atoms with Crippen molar-refractivity contribution >= 4 is 18.8 Å². The van der Waals surface area contributed by atoms with Crippen LogP contribution in [-0.2, 0) is 0 Å². The second-order valence-corrected chi connectivity index (χ2v) is 10.0. The zero-order chi connectivity index (χ0) is 13.0. The summed E-state index contributed by atoms with van der Waals surface area (Å²) in [7, 11) is -1.31. The van der Waals surface area contributed by atoms with Crippen molar-refractivity contribution in [2.75, 3.05) is 0 Å². The molecule has 2 aromatic rings. The number of hydrogen-bond donors (Lipinski definition) is 0. The minimum absolute atomic E-state index is 1.05. The van der Waals surface area contributed by atoms with Gasteiger partial charge in [0.2, 0.25) is 0 Å². The van der Waals surface area contributed by atoms with E-state index in [1.54, 1.807) is 0 Å². The minimum atomic E-state index is -1.31. The summed E-state index contributed by atoms with van der Waals surface area (Å²) >= 11 is 0. The Bertz CT molecular complexity index is 677. The number of hydrogen-bond acceptors (Lipinski definition) is 0. The normalized spacial score (nSPS) is 10.2. The Hall–Kier alpha value is -1.96. The molecule has 88 valence electrons. The van der Waals surface area contributed by atoms with E-state index in [0.29, 0.717) is 0 Å². The van der Waals surface area contributed by atoms with Gasteiger partial charge in [-0.2, -0.15) is 0 Å². The van der Waals surface area contributed by atoms with Crippen molar-refractivity contribution in [1.29, 1.82) is 0 Å². The Labute approximate surface area is 110 Å². The van der Waals surface area contributed by atoms with Crippen molar-refractivity contribution in [1.82, 2.24) is 0 Å². The highest BCUT2D eigenvalue weighted by molar-refractivity contribution is 6.83. The molecule has 0 saturated carbocycles. The molecule has 0 amide bonds. The average Bonchev–Trinajstić information content (AvgIpc) is 2.33. The SMILES string of the molecule is C[Si](C)(C)C#CC#Cc1cccc2ccccc12. The lowest BCUT2D eigenvalue weighted by Gasteiger charge is -2.01. The Kier molecular flexibility index (Phi) is 3.56. The lowest BCUT2D eigenvalue weighted by atomic mass is 10.1. The summed E-state index contributed by atoms with van der Waals surface area (Å²) in [6.07, 6.45) is 0. The standard InChI is InChI=1S/C17H16Si/c1-18(2,3)14-7-6-10-16-12-8-11-15-9-4-5-13-17(15)16/h4-5,8-9,11-13H,1-3H3. The zero-order valence-electron chi connectivity index (χ0n) is 11.0. The summed E-state index contributed by atoms with van der Waals surface area (Å²) < 4.78 is 0. The molecule has 2 rings (SSSR count). The van der Waals surface area contributed by atoms with Gasteiger partial charge in [0.25, 0.3) is 0 Å². The molecule has 0 aromatic heterocycles. The largest absolute Gasteiger partial charge is 0.130 e. The maximum Gasteiger partial charge on any atom is 0.130 e. The third-order valence-corrected chi connectivity index (χ3v) is 3.36. The summed E-state index contributed by atoms with van der Waals surface area (Å²) in [6, 6.07) is 14.5. The van der Waals surface area contributed by atoms with Crippen LogP contribution in [0.4, 0.5) is 0 Å². The second kappa shape index (κ2) is 5.13. The van der Waals surface area contributed by atoms with Gasteiger partial charge in [0, 0.05) is 5.56 Å². The molecule has 0 bridgehead atoms. The van der Waals surface area contributed by atoms with E-state index in [4.69, 9.17) is 0 Å². The molecule has 0 saturated heterocycles. The van der Waals surface area contributed by atoms with Crippen molar-refractivity contribution in [2.24, 2.45) is 0 Å². The van der Waals surface area contributed by atoms with Gasteiger partial charge >= 0.3 is 0 Å². The highest BCUT2D eigenvalue weighted by Crippen LogP contribution is 2.17. The molecular weight excluding hydrogens is 232 g/mol. The van der Waals surface area contributed by atoms with Crippen molar-refractivity contribution < 1.29 is 0 Å². The van der Waals surface area contributed by atoms with Gasteiger partial charge in [0.1, 0.15) is 8.07 Å². The predicted octanol–water partition coefficient (Wildman–Crippen LogP) is 4.07. The molecule has 18 heavy (non-hydrogen) atoms. The zero-order valence-corrected chi connectivity index (χ0v) is 12.0. The van der Waals surface area contributed by atoms with E-state index in [2.05, 4.69) is 61.1 Å². The van der Waals surface area contributed by atoms with E-state index in [1.807, 2.05) is 24.3 Å². The molecule has 2 aromatic carbocycles. The van der Waals surface area contributed by atoms with Crippen LogP contribution in [0.3, 0.4) is 0 Å². The topological polar surface area (TPSA) is 0 Å². The fraction of sp³-hybridized carbons (Fsp3) is 0.176. The van der Waals surface area contributed by atoms with Crippen molar-refractivity contribution in [2.45, 2.75) is 19.6 Å². The minimum Gasteiger partial charge on any atom is -0.118 e. The maximum absolute atomic E-state index is 3.26. The number of benzene rings is 2. The predicted molar refractivity (Wildman–Crippen MR) is 81.9 cm³/mol. The van der Waals surface area contributed by atoms with Crippen LogP contribution in [0, 0.1) is 23.3 Å². The van der Waals surface area contributed by atoms with Crippen LogP contribution in [0.25, 0.3) is 10.8 Å². The van der Waals surface area contributed by atoms with Crippen molar-refractivity contribution in [3.63, 3.8) is 0 Å². The molecule has 0 N–H and O–H groups in total. The summed E-state index contributed by atoms with van der Waals surface area (Å²) in [5, 5.41) is 2.42. The molecule has 0 spiro atoms. The van der Waals surface area contributed by atoms with Crippen molar-refractivity contribution in [3.8, 4) is 23.3 Å². The van der Waals surface area contributed by atoms with Gasteiger partial charge in [0.15, 0.2) is 0 Å². The molecule has 0 heterocycles. The van der Waals surface area contributed by atoms with Gasteiger partial charge in [-0.3, -0.25) is 0 Å². The molecule has 0 unspecified atom stereocenters. The molecule has 0 atom stereocenters. The van der Waals surface area contributed by atoms with Gasteiger partial charge in [-0.05, 0) is 28.7 Å². The van der Waals surface area contributed by atoms with Gasteiger partial charge in [-0.15, -0.1) is 5.54 Å². The third kappa shape index (κ3) is 3.26. The first-order valence-corrected chi connectivity index (χ1v) is 9.57. The van der Waals surface area contributed by atoms with Crippen LogP contribution < -0.4 is 0 Å². The maximum atomic E-state index is 3.26. The highest BCUT2D eigenvalue weighted by atomic mass is 28.3. The van der Waals surface area contributed by atoms with Gasteiger partial charge in [-0.25, -0.2) is 0 Å². The van der Waals surface area contributed by atoms with E-state index in [-0.39, 0.29) is 0 Å². The summed E-state index contributed by atoms with van der Waals surface area (Å²) in [5.74, 6) is 9.12. The van der Waals surface area contributed by atoms with Crippen LogP contribution in [0.2, 0.25) is 19.6 Å². The van der Waals surface area contributed by atoms with Gasteiger partial charge in [0.05, 0.1) is 0 Å².